The molecule has 3 nitrogen and oxygen atoms in total. The van der Waals surface area contributed by atoms with Gasteiger partial charge in [0, 0.05) is 17.5 Å². The topological polar surface area (TPSA) is 49.3 Å². The molecule has 2 rings (SSSR count). The maximum atomic E-state index is 11.6. The summed E-state index contributed by atoms with van der Waals surface area (Å²) in [5.41, 5.74) is 0. The number of carbonyl (C=O) groups excluding carboxylic acids is 1. The Hall–Kier alpha value is -1.13. The Labute approximate surface area is 112 Å². The molecule has 1 aliphatic carbocycles. The van der Waals surface area contributed by atoms with Gasteiger partial charge in [0.1, 0.15) is 0 Å². The average molecular weight is 265 g/mol. The van der Waals surface area contributed by atoms with E-state index in [4.69, 9.17) is 0 Å². The van der Waals surface area contributed by atoms with Crippen molar-refractivity contribution in [2.45, 2.75) is 31.8 Å². The molecule has 1 heterocycles. The number of hydrogen-bond donors (Lipinski definition) is 2. The quantitative estimate of drug-likeness (QED) is 0.821. The fourth-order valence-electron chi connectivity index (χ4n) is 2.20. The summed E-state index contributed by atoms with van der Waals surface area (Å²) in [5, 5.41) is 14.3. The highest BCUT2D eigenvalue weighted by Crippen LogP contribution is 2.23. The lowest BCUT2D eigenvalue weighted by molar-refractivity contribution is -0.116. The van der Waals surface area contributed by atoms with Crippen molar-refractivity contribution in [3.05, 3.63) is 28.5 Å². The molecule has 1 amide bonds. The molecule has 98 valence electrons. The van der Waals surface area contributed by atoms with Crippen LogP contribution in [0.5, 0.6) is 0 Å². The summed E-state index contributed by atoms with van der Waals surface area (Å²) in [4.78, 5) is 12.7. The van der Waals surface area contributed by atoms with E-state index in [9.17, 15) is 9.90 Å². The molecule has 0 unspecified atom stereocenters. The Morgan fingerprint density at radius 3 is 2.89 bits per heavy atom. The van der Waals surface area contributed by atoms with Crippen molar-refractivity contribution in [1.29, 1.82) is 0 Å². The number of rotatable bonds is 4. The van der Waals surface area contributed by atoms with Crippen LogP contribution < -0.4 is 5.32 Å². The largest absolute Gasteiger partial charge is 0.393 e. The monoisotopic (exact) mass is 265 g/mol. The average Bonchev–Trinajstić information content (AvgIpc) is 2.89. The fraction of sp³-hybridized carbons (Fsp3) is 0.500. The van der Waals surface area contributed by atoms with Gasteiger partial charge in [-0.1, -0.05) is 6.07 Å². The first-order valence-electron chi connectivity index (χ1n) is 6.41. The maximum Gasteiger partial charge on any atom is 0.244 e. The van der Waals surface area contributed by atoms with E-state index in [0.717, 1.165) is 37.1 Å². The summed E-state index contributed by atoms with van der Waals surface area (Å²) in [5.74, 6) is 0.488. The van der Waals surface area contributed by atoms with Crippen LogP contribution >= 0.6 is 11.3 Å². The normalized spacial score (nSPS) is 24.3. The molecule has 1 fully saturated rings. The first kappa shape index (κ1) is 13.3. The SMILES string of the molecule is O=C(/C=C/c1cccs1)NCC1CCC(O)CC1. The zero-order chi connectivity index (χ0) is 12.8. The minimum atomic E-state index is -0.129. The van der Waals surface area contributed by atoms with Gasteiger partial charge < -0.3 is 10.4 Å². The molecular weight excluding hydrogens is 246 g/mol. The van der Waals surface area contributed by atoms with Gasteiger partial charge in [-0.25, -0.2) is 0 Å². The van der Waals surface area contributed by atoms with Gasteiger partial charge >= 0.3 is 0 Å². The van der Waals surface area contributed by atoms with E-state index in [-0.39, 0.29) is 12.0 Å². The first-order chi connectivity index (χ1) is 8.74. The molecule has 0 radical (unpaired) electrons. The second-order valence-corrected chi connectivity index (χ2v) is 5.75. The van der Waals surface area contributed by atoms with Gasteiger partial charge in [-0.05, 0) is 49.1 Å². The zero-order valence-electron chi connectivity index (χ0n) is 10.3. The Bertz CT molecular complexity index is 392. The molecule has 0 aliphatic heterocycles. The van der Waals surface area contributed by atoms with Gasteiger partial charge in [0.05, 0.1) is 6.10 Å². The predicted octanol–water partition coefficient (Wildman–Crippen LogP) is 2.43. The van der Waals surface area contributed by atoms with E-state index in [1.165, 1.54) is 0 Å². The molecule has 0 aromatic carbocycles. The lowest BCUT2D eigenvalue weighted by Gasteiger charge is -2.25. The van der Waals surface area contributed by atoms with E-state index < -0.39 is 0 Å². The standard InChI is InChI=1S/C14H19NO2S/c16-12-5-3-11(4-6-12)10-15-14(17)8-7-13-2-1-9-18-13/h1-2,7-9,11-12,16H,3-6,10H2,(H,15,17)/b8-7+. The van der Waals surface area contributed by atoms with Crippen molar-refractivity contribution in [3.8, 4) is 0 Å². The van der Waals surface area contributed by atoms with Crippen molar-refractivity contribution < 1.29 is 9.90 Å². The first-order valence-corrected chi connectivity index (χ1v) is 7.29. The van der Waals surface area contributed by atoms with Crippen LogP contribution in [0, 0.1) is 5.92 Å². The predicted molar refractivity (Wildman–Crippen MR) is 74.3 cm³/mol. The molecule has 18 heavy (non-hydrogen) atoms. The number of amides is 1. The highest BCUT2D eigenvalue weighted by atomic mass is 32.1. The summed E-state index contributed by atoms with van der Waals surface area (Å²) in [7, 11) is 0. The smallest absolute Gasteiger partial charge is 0.244 e. The molecule has 1 saturated carbocycles. The summed E-state index contributed by atoms with van der Waals surface area (Å²) >= 11 is 1.62. The Kier molecular flexibility index (Phi) is 4.96. The molecule has 0 bridgehead atoms. The van der Waals surface area contributed by atoms with Gasteiger partial charge in [0.15, 0.2) is 0 Å². The van der Waals surface area contributed by atoms with Crippen LogP contribution in [0.2, 0.25) is 0 Å². The Morgan fingerprint density at radius 1 is 1.44 bits per heavy atom. The van der Waals surface area contributed by atoms with E-state index in [2.05, 4.69) is 5.32 Å². The molecule has 4 heteroatoms. The molecule has 1 aromatic heterocycles. The number of thiophene rings is 1. The summed E-state index contributed by atoms with van der Waals surface area (Å²) in [6.07, 6.45) is 7.05. The lowest BCUT2D eigenvalue weighted by atomic mass is 9.87. The van der Waals surface area contributed by atoms with Crippen LogP contribution in [0.3, 0.4) is 0 Å². The van der Waals surface area contributed by atoms with Crippen LogP contribution in [0.25, 0.3) is 6.08 Å². The van der Waals surface area contributed by atoms with Crippen LogP contribution in [-0.4, -0.2) is 23.7 Å². The highest BCUT2D eigenvalue weighted by Gasteiger charge is 2.19. The zero-order valence-corrected chi connectivity index (χ0v) is 11.2. The number of aliphatic hydroxyl groups excluding tert-OH is 1. The van der Waals surface area contributed by atoms with Gasteiger partial charge in [0.2, 0.25) is 5.91 Å². The second-order valence-electron chi connectivity index (χ2n) is 4.77. The third-order valence-corrected chi connectivity index (χ3v) is 4.16. The van der Waals surface area contributed by atoms with Gasteiger partial charge in [-0.15, -0.1) is 11.3 Å². The highest BCUT2D eigenvalue weighted by molar-refractivity contribution is 7.10. The van der Waals surface area contributed by atoms with Crippen molar-refractivity contribution in [1.82, 2.24) is 5.32 Å². The van der Waals surface area contributed by atoms with Crippen molar-refractivity contribution >= 4 is 23.3 Å². The number of carbonyl (C=O) groups is 1. The third-order valence-electron chi connectivity index (χ3n) is 3.32. The fourth-order valence-corrected chi connectivity index (χ4v) is 2.81. The van der Waals surface area contributed by atoms with Crippen LogP contribution in [-0.2, 0) is 4.79 Å². The maximum absolute atomic E-state index is 11.6. The van der Waals surface area contributed by atoms with Gasteiger partial charge in [0.25, 0.3) is 0 Å². The van der Waals surface area contributed by atoms with Crippen LogP contribution in [0.1, 0.15) is 30.6 Å². The van der Waals surface area contributed by atoms with Gasteiger partial charge in [-0.3, -0.25) is 4.79 Å². The number of aliphatic hydroxyl groups is 1. The van der Waals surface area contributed by atoms with Crippen LogP contribution in [0.4, 0.5) is 0 Å². The molecule has 2 N–H and O–H groups in total. The number of nitrogens with one attached hydrogen (secondary N) is 1. The van der Waals surface area contributed by atoms with Crippen LogP contribution in [0.15, 0.2) is 23.6 Å². The summed E-state index contributed by atoms with van der Waals surface area (Å²) < 4.78 is 0. The molecule has 1 aliphatic rings. The molecular formula is C14H19NO2S. The van der Waals surface area contributed by atoms with Crippen molar-refractivity contribution in [2.75, 3.05) is 6.54 Å². The Balaban J connectivity index is 1.69. The summed E-state index contributed by atoms with van der Waals surface area (Å²) in [6, 6.07) is 3.95. The third kappa shape index (κ3) is 4.27. The van der Waals surface area contributed by atoms with E-state index >= 15 is 0 Å². The van der Waals surface area contributed by atoms with E-state index in [1.807, 2.05) is 23.6 Å². The Morgan fingerprint density at radius 2 is 2.22 bits per heavy atom. The molecule has 0 atom stereocenters. The van der Waals surface area contributed by atoms with Gasteiger partial charge in [-0.2, -0.15) is 0 Å². The minimum absolute atomic E-state index is 0.0329. The van der Waals surface area contributed by atoms with Crippen molar-refractivity contribution in [3.63, 3.8) is 0 Å². The van der Waals surface area contributed by atoms with E-state index in [1.54, 1.807) is 17.4 Å². The lowest BCUT2D eigenvalue weighted by Crippen LogP contribution is -2.31. The van der Waals surface area contributed by atoms with E-state index in [0.29, 0.717) is 5.92 Å². The minimum Gasteiger partial charge on any atom is -0.393 e. The summed E-state index contributed by atoms with van der Waals surface area (Å²) in [6.45, 7) is 0.723. The molecule has 0 saturated heterocycles. The van der Waals surface area contributed by atoms with Crippen molar-refractivity contribution in [2.24, 2.45) is 5.92 Å². The number of hydrogen-bond acceptors (Lipinski definition) is 3. The molecule has 1 aromatic rings. The molecule has 0 spiro atoms. The second kappa shape index (κ2) is 6.71.